The lowest BCUT2D eigenvalue weighted by Gasteiger charge is -2.02. The molecule has 0 aromatic carbocycles. The molecule has 2 N–H and O–H groups in total. The third-order valence-electron chi connectivity index (χ3n) is 0.992. The van der Waals surface area contributed by atoms with Gasteiger partial charge in [-0.1, -0.05) is 0 Å². The molecule has 0 rings (SSSR count). The van der Waals surface area contributed by atoms with Crippen molar-refractivity contribution in [3.63, 3.8) is 0 Å². The molecule has 0 aliphatic heterocycles. The summed E-state index contributed by atoms with van der Waals surface area (Å²) in [4.78, 5) is 0. The maximum Gasteiger partial charge on any atom is 0.0669 e. The lowest BCUT2D eigenvalue weighted by Crippen LogP contribution is -2.22. The van der Waals surface area contributed by atoms with Crippen molar-refractivity contribution in [2.75, 3.05) is 0 Å². The second-order valence-electron chi connectivity index (χ2n) is 1.78. The molecular weight excluding hydrogens is 88.1 g/mol. The molecule has 0 heterocycles. The molecular formula is C5H10N2. The molecule has 0 amide bonds. The van der Waals surface area contributed by atoms with Crippen molar-refractivity contribution in [3.8, 4) is 6.07 Å². The number of rotatable bonds is 1. The Morgan fingerprint density at radius 3 is 2.00 bits per heavy atom. The van der Waals surface area contributed by atoms with Crippen LogP contribution in [0.1, 0.15) is 13.8 Å². The first-order valence-corrected chi connectivity index (χ1v) is 2.33. The SMILES string of the molecule is CC(N)[C@@H](C)C#N. The Morgan fingerprint density at radius 2 is 2.00 bits per heavy atom. The second kappa shape index (κ2) is 2.59. The minimum Gasteiger partial charge on any atom is -0.327 e. The van der Waals surface area contributed by atoms with Gasteiger partial charge in [0.15, 0.2) is 0 Å². The van der Waals surface area contributed by atoms with Crippen molar-refractivity contribution in [3.05, 3.63) is 0 Å². The summed E-state index contributed by atoms with van der Waals surface area (Å²) < 4.78 is 0. The average Bonchev–Trinajstić information content (AvgIpc) is 1.65. The van der Waals surface area contributed by atoms with E-state index < -0.39 is 0 Å². The molecule has 0 saturated carbocycles. The highest BCUT2D eigenvalue weighted by atomic mass is 14.6. The number of nitrogens with two attached hydrogens (primary N) is 1. The summed E-state index contributed by atoms with van der Waals surface area (Å²) in [5, 5.41) is 8.18. The number of hydrogen-bond acceptors (Lipinski definition) is 2. The standard InChI is InChI=1S/C5H10N2/c1-4(3-6)5(2)7/h4-5H,7H2,1-2H3/t4-,5?/m0/s1. The van der Waals surface area contributed by atoms with Crippen LogP contribution in [0, 0.1) is 17.2 Å². The van der Waals surface area contributed by atoms with E-state index in [0.717, 1.165) is 0 Å². The summed E-state index contributed by atoms with van der Waals surface area (Å²) in [6, 6.07) is 2.04. The van der Waals surface area contributed by atoms with Crippen molar-refractivity contribution >= 4 is 0 Å². The van der Waals surface area contributed by atoms with Crippen LogP contribution in [0.15, 0.2) is 0 Å². The van der Waals surface area contributed by atoms with E-state index in [-0.39, 0.29) is 12.0 Å². The van der Waals surface area contributed by atoms with Gasteiger partial charge in [-0.3, -0.25) is 0 Å². The van der Waals surface area contributed by atoms with Crippen LogP contribution in [0.2, 0.25) is 0 Å². The molecule has 0 fully saturated rings. The van der Waals surface area contributed by atoms with Gasteiger partial charge < -0.3 is 5.73 Å². The summed E-state index contributed by atoms with van der Waals surface area (Å²) in [5.74, 6) is -0.0139. The second-order valence-corrected chi connectivity index (χ2v) is 1.78. The van der Waals surface area contributed by atoms with Crippen molar-refractivity contribution in [2.24, 2.45) is 11.7 Å². The number of nitrogens with zero attached hydrogens (tertiary/aromatic N) is 1. The summed E-state index contributed by atoms with van der Waals surface area (Å²) in [6.45, 7) is 3.64. The monoisotopic (exact) mass is 98.1 g/mol. The van der Waals surface area contributed by atoms with Gasteiger partial charge in [-0.2, -0.15) is 5.26 Å². The van der Waals surface area contributed by atoms with Crippen LogP contribution in [0.3, 0.4) is 0 Å². The molecule has 0 aromatic rings. The Balaban J connectivity index is 3.40. The molecule has 0 spiro atoms. The third kappa shape index (κ3) is 2.18. The molecule has 0 radical (unpaired) electrons. The van der Waals surface area contributed by atoms with E-state index in [1.165, 1.54) is 0 Å². The summed E-state index contributed by atoms with van der Waals surface area (Å²) in [5.41, 5.74) is 5.32. The quantitative estimate of drug-likeness (QED) is 0.519. The van der Waals surface area contributed by atoms with E-state index >= 15 is 0 Å². The smallest absolute Gasteiger partial charge is 0.0669 e. The number of nitriles is 1. The van der Waals surface area contributed by atoms with Crippen LogP contribution in [-0.2, 0) is 0 Å². The van der Waals surface area contributed by atoms with Gasteiger partial charge in [0.25, 0.3) is 0 Å². The first-order valence-electron chi connectivity index (χ1n) is 2.33. The van der Waals surface area contributed by atoms with Crippen LogP contribution in [-0.4, -0.2) is 6.04 Å². The highest BCUT2D eigenvalue weighted by Gasteiger charge is 2.02. The minimum absolute atomic E-state index is 0.00463. The Morgan fingerprint density at radius 1 is 1.57 bits per heavy atom. The predicted octanol–water partition coefficient (Wildman–Crippen LogP) is 0.493. The molecule has 2 atom stereocenters. The molecule has 0 aliphatic rings. The van der Waals surface area contributed by atoms with Crippen LogP contribution in [0.5, 0.6) is 0 Å². The Hall–Kier alpha value is -0.550. The van der Waals surface area contributed by atoms with Crippen molar-refractivity contribution in [1.29, 1.82) is 5.26 Å². The maximum atomic E-state index is 8.18. The van der Waals surface area contributed by atoms with Gasteiger partial charge >= 0.3 is 0 Å². The highest BCUT2D eigenvalue weighted by Crippen LogP contribution is 1.94. The zero-order valence-corrected chi connectivity index (χ0v) is 4.68. The average molecular weight is 98.1 g/mol. The lowest BCUT2D eigenvalue weighted by atomic mass is 10.1. The molecule has 0 bridgehead atoms. The van der Waals surface area contributed by atoms with Gasteiger partial charge in [0.2, 0.25) is 0 Å². The van der Waals surface area contributed by atoms with Gasteiger partial charge in [-0.25, -0.2) is 0 Å². The first-order chi connectivity index (χ1) is 3.18. The van der Waals surface area contributed by atoms with Gasteiger partial charge in [-0.15, -0.1) is 0 Å². The topological polar surface area (TPSA) is 49.8 Å². The van der Waals surface area contributed by atoms with Crippen LogP contribution >= 0.6 is 0 Å². The fourth-order valence-electron chi connectivity index (χ4n) is 0.118. The first kappa shape index (κ1) is 6.45. The zero-order valence-electron chi connectivity index (χ0n) is 4.68. The van der Waals surface area contributed by atoms with E-state index in [4.69, 9.17) is 11.0 Å². The van der Waals surface area contributed by atoms with Crippen molar-refractivity contribution in [2.45, 2.75) is 19.9 Å². The maximum absolute atomic E-state index is 8.18. The van der Waals surface area contributed by atoms with Crippen LogP contribution in [0.25, 0.3) is 0 Å². The van der Waals surface area contributed by atoms with E-state index in [1.54, 1.807) is 0 Å². The molecule has 0 aliphatic carbocycles. The van der Waals surface area contributed by atoms with Crippen LogP contribution in [0.4, 0.5) is 0 Å². The van der Waals surface area contributed by atoms with Crippen LogP contribution < -0.4 is 5.73 Å². The van der Waals surface area contributed by atoms with Crippen molar-refractivity contribution in [1.82, 2.24) is 0 Å². The molecule has 2 nitrogen and oxygen atoms in total. The van der Waals surface area contributed by atoms with E-state index in [1.807, 2.05) is 19.9 Å². The molecule has 7 heavy (non-hydrogen) atoms. The Labute approximate surface area is 43.9 Å². The van der Waals surface area contributed by atoms with Gasteiger partial charge in [0, 0.05) is 6.04 Å². The van der Waals surface area contributed by atoms with Gasteiger partial charge in [0.1, 0.15) is 0 Å². The fraction of sp³-hybridized carbons (Fsp3) is 0.800. The van der Waals surface area contributed by atoms with E-state index in [2.05, 4.69) is 0 Å². The largest absolute Gasteiger partial charge is 0.327 e. The summed E-state index contributed by atoms with van der Waals surface area (Å²) >= 11 is 0. The Kier molecular flexibility index (Phi) is 2.39. The number of hydrogen-bond donors (Lipinski definition) is 1. The molecule has 40 valence electrons. The molecule has 0 aromatic heterocycles. The van der Waals surface area contributed by atoms with Gasteiger partial charge in [0.05, 0.1) is 12.0 Å². The zero-order chi connectivity index (χ0) is 5.86. The fourth-order valence-corrected chi connectivity index (χ4v) is 0.118. The molecule has 1 unspecified atom stereocenters. The summed E-state index contributed by atoms with van der Waals surface area (Å²) in [7, 11) is 0. The third-order valence-corrected chi connectivity index (χ3v) is 0.992. The molecule has 2 heteroatoms. The van der Waals surface area contributed by atoms with Gasteiger partial charge in [-0.05, 0) is 13.8 Å². The predicted molar refractivity (Wildman–Crippen MR) is 28.4 cm³/mol. The highest BCUT2D eigenvalue weighted by molar-refractivity contribution is 4.84. The van der Waals surface area contributed by atoms with Crippen molar-refractivity contribution < 1.29 is 0 Å². The molecule has 0 saturated heterocycles. The Bertz CT molecular complexity index is 80.6. The normalized spacial score (nSPS) is 17.4. The van der Waals surface area contributed by atoms with E-state index in [0.29, 0.717) is 0 Å². The minimum atomic E-state index is -0.0139. The lowest BCUT2D eigenvalue weighted by molar-refractivity contribution is 0.593. The summed E-state index contributed by atoms with van der Waals surface area (Å²) in [6.07, 6.45) is 0. The van der Waals surface area contributed by atoms with E-state index in [9.17, 15) is 0 Å².